The largest absolute Gasteiger partial charge is 0.391 e. The van der Waals surface area contributed by atoms with Crippen molar-refractivity contribution in [1.29, 1.82) is 0 Å². The molecule has 3 aromatic rings. The topological polar surface area (TPSA) is 101 Å². The molecule has 1 amide bonds. The van der Waals surface area contributed by atoms with E-state index in [1.54, 1.807) is 16.9 Å². The average Bonchev–Trinajstić information content (AvgIpc) is 3.52. The number of amides is 1. The molecular weight excluding hydrogens is 432 g/mol. The van der Waals surface area contributed by atoms with Gasteiger partial charge in [0.05, 0.1) is 24.0 Å². The van der Waals surface area contributed by atoms with Crippen LogP contribution in [0, 0.1) is 5.92 Å². The van der Waals surface area contributed by atoms with Crippen LogP contribution in [-0.2, 0) is 0 Å². The molecule has 176 valence electrons. The van der Waals surface area contributed by atoms with Crippen LogP contribution in [0.3, 0.4) is 0 Å². The molecule has 5 rings (SSSR count). The van der Waals surface area contributed by atoms with Crippen LogP contribution in [0.5, 0.6) is 0 Å². The summed E-state index contributed by atoms with van der Waals surface area (Å²) in [5.74, 6) is 0.679. The summed E-state index contributed by atoms with van der Waals surface area (Å²) in [6, 6.07) is 1.82. The third-order valence-electron chi connectivity index (χ3n) is 6.66. The molecule has 0 spiro atoms. The zero-order valence-corrected chi connectivity index (χ0v) is 18.4. The number of hydrogen-bond acceptors (Lipinski definition) is 6. The van der Waals surface area contributed by atoms with Gasteiger partial charge in [-0.15, -0.1) is 0 Å². The lowest BCUT2D eigenvalue weighted by Crippen LogP contribution is -2.22. The van der Waals surface area contributed by atoms with Crippen molar-refractivity contribution in [2.24, 2.45) is 5.92 Å². The van der Waals surface area contributed by atoms with Crippen molar-refractivity contribution in [2.45, 2.75) is 57.6 Å². The molecule has 1 atom stereocenters. The molecule has 4 heterocycles. The highest BCUT2D eigenvalue weighted by atomic mass is 19.3. The average molecular weight is 460 g/mol. The predicted octanol–water partition coefficient (Wildman–Crippen LogP) is 3.44. The van der Waals surface area contributed by atoms with Crippen molar-refractivity contribution in [3.8, 4) is 0 Å². The second-order valence-corrected chi connectivity index (χ2v) is 9.08. The Morgan fingerprint density at radius 2 is 2.03 bits per heavy atom. The lowest BCUT2D eigenvalue weighted by molar-refractivity contribution is 0.102. The minimum Gasteiger partial charge on any atom is -0.391 e. The van der Waals surface area contributed by atoms with Crippen LogP contribution in [0.2, 0.25) is 0 Å². The first kappa shape index (κ1) is 21.7. The molecule has 2 fully saturated rings. The Morgan fingerprint density at radius 3 is 2.73 bits per heavy atom. The third kappa shape index (κ3) is 4.29. The van der Waals surface area contributed by atoms with Crippen molar-refractivity contribution < 1.29 is 18.7 Å². The molecule has 0 bridgehead atoms. The second-order valence-electron chi connectivity index (χ2n) is 9.08. The van der Waals surface area contributed by atoms with Gasteiger partial charge in [-0.1, -0.05) is 6.92 Å². The van der Waals surface area contributed by atoms with E-state index >= 15 is 0 Å². The van der Waals surface area contributed by atoms with Crippen molar-refractivity contribution in [1.82, 2.24) is 24.4 Å². The molecule has 1 saturated heterocycles. The first-order chi connectivity index (χ1) is 15.9. The number of aromatic nitrogens is 5. The monoisotopic (exact) mass is 459 g/mol. The molecule has 0 unspecified atom stereocenters. The number of halogens is 2. The van der Waals surface area contributed by atoms with E-state index in [1.807, 2.05) is 4.90 Å². The van der Waals surface area contributed by atoms with Crippen molar-refractivity contribution in [3.63, 3.8) is 0 Å². The fraction of sp³-hybridized carbons (Fsp3) is 0.545. The number of β-amino-alcohol motifs (C(OH)–C–C–N with tert-alkyl or cyclic N) is 1. The Bertz CT molecular complexity index is 1150. The van der Waals surface area contributed by atoms with Gasteiger partial charge in [-0.3, -0.25) is 9.48 Å². The van der Waals surface area contributed by atoms with Gasteiger partial charge in [0.15, 0.2) is 11.3 Å². The first-order valence-electron chi connectivity index (χ1n) is 11.3. The van der Waals surface area contributed by atoms with Gasteiger partial charge in [-0.2, -0.15) is 10.2 Å². The molecule has 3 aromatic heterocycles. The summed E-state index contributed by atoms with van der Waals surface area (Å²) in [4.78, 5) is 19.5. The normalized spacial score (nSPS) is 23.5. The lowest BCUT2D eigenvalue weighted by Gasteiger charge is -2.26. The molecule has 2 N–H and O–H groups in total. The molecular formula is C22H27F2N7O2. The Hall–Kier alpha value is -3.08. The van der Waals surface area contributed by atoms with Gasteiger partial charge in [-0.25, -0.2) is 18.3 Å². The SMILES string of the molecule is CC1CCC(n2cc(NC(=O)c3cnn4ccc(N5CC[C@H](O)C5)nc34)c(C(F)F)n2)CC1. The molecule has 9 nitrogen and oxygen atoms in total. The van der Waals surface area contributed by atoms with Crippen LogP contribution in [0.1, 0.15) is 67.5 Å². The van der Waals surface area contributed by atoms with Gasteiger partial charge < -0.3 is 15.3 Å². The fourth-order valence-electron chi connectivity index (χ4n) is 4.69. The van der Waals surface area contributed by atoms with E-state index in [-0.39, 0.29) is 17.3 Å². The summed E-state index contributed by atoms with van der Waals surface area (Å²) in [5, 5.41) is 20.7. The zero-order valence-electron chi connectivity index (χ0n) is 18.4. The van der Waals surface area contributed by atoms with Gasteiger partial charge in [0.1, 0.15) is 11.4 Å². The van der Waals surface area contributed by atoms with Crippen LogP contribution in [0.15, 0.2) is 24.7 Å². The number of alkyl halides is 2. The summed E-state index contributed by atoms with van der Waals surface area (Å²) in [6.45, 7) is 3.32. The van der Waals surface area contributed by atoms with E-state index in [1.165, 1.54) is 16.9 Å². The van der Waals surface area contributed by atoms with E-state index in [0.717, 1.165) is 25.7 Å². The molecule has 1 saturated carbocycles. The number of hydrogen-bond donors (Lipinski definition) is 2. The van der Waals surface area contributed by atoms with Crippen LogP contribution in [0.25, 0.3) is 5.65 Å². The standard InChI is InChI=1S/C22H27F2N7O2/c1-13-2-4-14(5-3-13)31-12-17(19(28-31)20(23)24)26-22(33)16-10-25-30-9-7-18(27-21(16)30)29-8-6-15(32)11-29/h7,9-10,12-15,20,32H,2-6,8,11H2,1H3,(H,26,33)/t13?,14?,15-/m0/s1. The number of rotatable bonds is 5. The maximum absolute atomic E-state index is 13.7. The van der Waals surface area contributed by atoms with Crippen LogP contribution >= 0.6 is 0 Å². The Labute approximate surface area is 189 Å². The summed E-state index contributed by atoms with van der Waals surface area (Å²) < 4.78 is 30.4. The maximum atomic E-state index is 13.7. The van der Waals surface area contributed by atoms with Crippen LogP contribution in [-0.4, -0.2) is 54.6 Å². The number of fused-ring (bicyclic) bond motifs is 1. The van der Waals surface area contributed by atoms with E-state index in [4.69, 9.17) is 0 Å². The number of aliphatic hydroxyl groups excluding tert-OH is 1. The van der Waals surface area contributed by atoms with Gasteiger partial charge in [0, 0.05) is 25.5 Å². The summed E-state index contributed by atoms with van der Waals surface area (Å²) in [5.41, 5.74) is 0.0691. The maximum Gasteiger partial charge on any atom is 0.284 e. The van der Waals surface area contributed by atoms with Crippen molar-refractivity contribution >= 4 is 23.1 Å². The van der Waals surface area contributed by atoms with Gasteiger partial charge in [0.25, 0.3) is 12.3 Å². The minimum absolute atomic E-state index is 0.00629. The van der Waals surface area contributed by atoms with Crippen LogP contribution < -0.4 is 10.2 Å². The predicted molar refractivity (Wildman–Crippen MR) is 118 cm³/mol. The van der Waals surface area contributed by atoms with Crippen molar-refractivity contribution in [3.05, 3.63) is 35.9 Å². The van der Waals surface area contributed by atoms with Crippen molar-refractivity contribution in [2.75, 3.05) is 23.3 Å². The van der Waals surface area contributed by atoms with Gasteiger partial charge in [0.2, 0.25) is 0 Å². The zero-order chi connectivity index (χ0) is 23.1. The van der Waals surface area contributed by atoms with Crippen LogP contribution in [0.4, 0.5) is 20.3 Å². The quantitative estimate of drug-likeness (QED) is 0.606. The van der Waals surface area contributed by atoms with E-state index in [0.29, 0.717) is 36.9 Å². The molecule has 1 aliphatic carbocycles. The number of anilines is 2. The van der Waals surface area contributed by atoms with E-state index < -0.39 is 24.1 Å². The first-order valence-corrected chi connectivity index (χ1v) is 11.3. The third-order valence-corrected chi connectivity index (χ3v) is 6.66. The Balaban J connectivity index is 1.40. The fourth-order valence-corrected chi connectivity index (χ4v) is 4.69. The molecule has 2 aliphatic rings. The van der Waals surface area contributed by atoms with E-state index in [9.17, 15) is 18.7 Å². The van der Waals surface area contributed by atoms with Gasteiger partial charge >= 0.3 is 0 Å². The number of nitrogens with zero attached hydrogens (tertiary/aromatic N) is 6. The highest BCUT2D eigenvalue weighted by Gasteiger charge is 2.27. The minimum atomic E-state index is -2.81. The molecule has 11 heteroatoms. The Kier molecular flexibility index (Phi) is 5.73. The molecule has 0 radical (unpaired) electrons. The summed E-state index contributed by atoms with van der Waals surface area (Å²) in [7, 11) is 0. The second kappa shape index (κ2) is 8.69. The highest BCUT2D eigenvalue weighted by molar-refractivity contribution is 6.08. The lowest BCUT2D eigenvalue weighted by atomic mass is 9.87. The molecule has 33 heavy (non-hydrogen) atoms. The summed E-state index contributed by atoms with van der Waals surface area (Å²) >= 11 is 0. The molecule has 0 aromatic carbocycles. The smallest absolute Gasteiger partial charge is 0.284 e. The highest BCUT2D eigenvalue weighted by Crippen LogP contribution is 2.34. The Morgan fingerprint density at radius 1 is 1.24 bits per heavy atom. The summed E-state index contributed by atoms with van der Waals surface area (Å²) in [6.07, 6.45) is 5.82. The molecule has 1 aliphatic heterocycles. The number of nitrogens with one attached hydrogen (secondary N) is 1. The number of aliphatic hydroxyl groups is 1. The number of carbonyl (C=O) groups is 1. The number of carbonyl (C=O) groups excluding carboxylic acids is 1. The van der Waals surface area contributed by atoms with Gasteiger partial charge in [-0.05, 0) is 44.1 Å². The van der Waals surface area contributed by atoms with E-state index in [2.05, 4.69) is 27.4 Å².